The van der Waals surface area contributed by atoms with Crippen molar-refractivity contribution >= 4 is 5.91 Å². The molecule has 2 aliphatic heterocycles. The number of rotatable bonds is 2. The molecule has 0 aromatic carbocycles. The molecule has 0 aromatic rings. The lowest BCUT2D eigenvalue weighted by Gasteiger charge is -2.29. The van der Waals surface area contributed by atoms with Gasteiger partial charge in [0.1, 0.15) is 0 Å². The maximum Gasteiger partial charge on any atom is 0.277 e. The van der Waals surface area contributed by atoms with Crippen LogP contribution in [-0.2, 0) is 4.79 Å². The summed E-state index contributed by atoms with van der Waals surface area (Å²) in [5.74, 6) is 0.395. The number of hydrogen-bond acceptors (Lipinski definition) is 1. The van der Waals surface area contributed by atoms with Crippen LogP contribution < -0.4 is 4.90 Å². The number of hydrogen-bond donors (Lipinski definition) is 1. The van der Waals surface area contributed by atoms with Gasteiger partial charge in [0, 0.05) is 13.1 Å². The van der Waals surface area contributed by atoms with Crippen LogP contribution in [0.2, 0.25) is 0 Å². The smallest absolute Gasteiger partial charge is 0.277 e. The maximum atomic E-state index is 12.0. The highest BCUT2D eigenvalue weighted by Gasteiger charge is 2.22. The Balaban J connectivity index is 1.74. The largest absolute Gasteiger partial charge is 0.338 e. The Morgan fingerprint density at radius 2 is 1.53 bits per heavy atom. The summed E-state index contributed by atoms with van der Waals surface area (Å²) in [7, 11) is 0. The molecule has 0 bridgehead atoms. The molecular formula is C12H23N2O+. The van der Waals surface area contributed by atoms with Crippen LogP contribution in [0.5, 0.6) is 0 Å². The molecule has 0 aromatic heterocycles. The third kappa shape index (κ3) is 3.20. The predicted molar refractivity (Wildman–Crippen MR) is 59.8 cm³/mol. The second-order valence-electron chi connectivity index (χ2n) is 4.93. The summed E-state index contributed by atoms with van der Waals surface area (Å²) in [4.78, 5) is 15.6. The van der Waals surface area contributed by atoms with Crippen LogP contribution in [0.15, 0.2) is 0 Å². The van der Waals surface area contributed by atoms with Crippen LogP contribution in [0.1, 0.15) is 38.5 Å². The molecule has 1 N–H and O–H groups in total. The molecule has 3 heteroatoms. The summed E-state index contributed by atoms with van der Waals surface area (Å²) in [5, 5.41) is 0. The van der Waals surface area contributed by atoms with Crippen molar-refractivity contribution in [2.24, 2.45) is 0 Å². The minimum absolute atomic E-state index is 0.395. The summed E-state index contributed by atoms with van der Waals surface area (Å²) < 4.78 is 0. The van der Waals surface area contributed by atoms with Gasteiger partial charge >= 0.3 is 0 Å². The first-order chi connectivity index (χ1) is 7.36. The molecule has 1 amide bonds. The Kier molecular flexibility index (Phi) is 4.01. The predicted octanol–water partition coefficient (Wildman–Crippen LogP) is 0.0677. The monoisotopic (exact) mass is 211 g/mol. The van der Waals surface area contributed by atoms with E-state index in [4.69, 9.17) is 0 Å². The van der Waals surface area contributed by atoms with E-state index >= 15 is 0 Å². The first-order valence-electron chi connectivity index (χ1n) is 6.47. The zero-order valence-corrected chi connectivity index (χ0v) is 9.63. The lowest BCUT2D eigenvalue weighted by atomic mass is 10.1. The Morgan fingerprint density at radius 1 is 0.933 bits per heavy atom. The average Bonchev–Trinajstić information content (AvgIpc) is 2.31. The van der Waals surface area contributed by atoms with Gasteiger partial charge in [-0.25, -0.2) is 0 Å². The zero-order valence-electron chi connectivity index (χ0n) is 9.63. The molecule has 2 rings (SSSR count). The molecule has 2 heterocycles. The molecular weight excluding hydrogens is 188 g/mol. The lowest BCUT2D eigenvalue weighted by molar-refractivity contribution is -0.897. The van der Waals surface area contributed by atoms with Gasteiger partial charge in [-0.3, -0.25) is 4.79 Å². The van der Waals surface area contributed by atoms with Crippen molar-refractivity contribution in [3.8, 4) is 0 Å². The van der Waals surface area contributed by atoms with Gasteiger partial charge < -0.3 is 9.80 Å². The third-order valence-electron chi connectivity index (χ3n) is 3.67. The van der Waals surface area contributed by atoms with Gasteiger partial charge in [-0.2, -0.15) is 0 Å². The minimum atomic E-state index is 0.395. The van der Waals surface area contributed by atoms with E-state index in [1.54, 1.807) is 0 Å². The molecule has 0 aliphatic carbocycles. The summed E-state index contributed by atoms with van der Waals surface area (Å²) in [5.41, 5.74) is 0. The van der Waals surface area contributed by atoms with Gasteiger partial charge in [0.15, 0.2) is 6.54 Å². The number of carbonyl (C=O) groups excluding carboxylic acids is 1. The van der Waals surface area contributed by atoms with E-state index in [9.17, 15) is 4.79 Å². The van der Waals surface area contributed by atoms with Crippen molar-refractivity contribution in [2.45, 2.75) is 38.5 Å². The number of likely N-dealkylation sites (tertiary alicyclic amines) is 2. The summed E-state index contributed by atoms with van der Waals surface area (Å²) in [6.45, 7) is 5.18. The number of quaternary nitrogens is 1. The van der Waals surface area contributed by atoms with Gasteiger partial charge in [0.05, 0.1) is 13.1 Å². The zero-order chi connectivity index (χ0) is 10.5. The van der Waals surface area contributed by atoms with Crippen molar-refractivity contribution in [1.82, 2.24) is 4.90 Å². The molecule has 86 valence electrons. The van der Waals surface area contributed by atoms with Crippen LogP contribution in [0.4, 0.5) is 0 Å². The van der Waals surface area contributed by atoms with Gasteiger partial charge in [-0.05, 0) is 38.5 Å². The topological polar surface area (TPSA) is 24.8 Å². The van der Waals surface area contributed by atoms with Crippen LogP contribution >= 0.6 is 0 Å². The van der Waals surface area contributed by atoms with Crippen molar-refractivity contribution in [3.05, 3.63) is 0 Å². The van der Waals surface area contributed by atoms with Crippen molar-refractivity contribution in [3.63, 3.8) is 0 Å². The fourth-order valence-electron chi connectivity index (χ4n) is 2.70. The molecule has 3 nitrogen and oxygen atoms in total. The highest BCUT2D eigenvalue weighted by atomic mass is 16.2. The van der Waals surface area contributed by atoms with E-state index in [1.165, 1.54) is 56.5 Å². The number of nitrogens with one attached hydrogen (secondary N) is 1. The highest BCUT2D eigenvalue weighted by molar-refractivity contribution is 5.77. The molecule has 2 aliphatic rings. The van der Waals surface area contributed by atoms with E-state index in [0.29, 0.717) is 5.91 Å². The number of amides is 1. The Bertz CT molecular complexity index is 206. The molecule has 0 saturated carbocycles. The van der Waals surface area contributed by atoms with Gasteiger partial charge in [0.2, 0.25) is 0 Å². The van der Waals surface area contributed by atoms with E-state index in [0.717, 1.165) is 19.6 Å². The molecule has 15 heavy (non-hydrogen) atoms. The molecule has 2 fully saturated rings. The Hall–Kier alpha value is -0.570. The molecule has 0 radical (unpaired) electrons. The maximum absolute atomic E-state index is 12.0. The fourth-order valence-corrected chi connectivity index (χ4v) is 2.70. The van der Waals surface area contributed by atoms with Gasteiger partial charge in [0.25, 0.3) is 5.91 Å². The van der Waals surface area contributed by atoms with Crippen LogP contribution in [0.25, 0.3) is 0 Å². The standard InChI is InChI=1S/C12H22N2O/c15-12(14-9-5-2-6-10-14)11-13-7-3-1-4-8-13/h1-11H2/p+1. The number of nitrogens with zero attached hydrogens (tertiary/aromatic N) is 1. The van der Waals surface area contributed by atoms with Crippen molar-refractivity contribution in [2.75, 3.05) is 32.7 Å². The Morgan fingerprint density at radius 3 is 2.20 bits per heavy atom. The van der Waals surface area contributed by atoms with E-state index in [2.05, 4.69) is 4.90 Å². The van der Waals surface area contributed by atoms with Gasteiger partial charge in [-0.15, -0.1) is 0 Å². The molecule has 0 spiro atoms. The van der Waals surface area contributed by atoms with Gasteiger partial charge in [-0.1, -0.05) is 0 Å². The van der Waals surface area contributed by atoms with Crippen molar-refractivity contribution in [1.29, 1.82) is 0 Å². The SMILES string of the molecule is O=C(C[NH+]1CCCCC1)N1CCCCC1. The van der Waals surface area contributed by atoms with E-state index in [-0.39, 0.29) is 0 Å². The molecule has 0 unspecified atom stereocenters. The van der Waals surface area contributed by atoms with Crippen LogP contribution in [0.3, 0.4) is 0 Å². The third-order valence-corrected chi connectivity index (χ3v) is 3.67. The molecule has 2 saturated heterocycles. The normalized spacial score (nSPS) is 24.1. The Labute approximate surface area is 92.4 Å². The highest BCUT2D eigenvalue weighted by Crippen LogP contribution is 2.08. The summed E-state index contributed by atoms with van der Waals surface area (Å²) in [6, 6.07) is 0. The summed E-state index contributed by atoms with van der Waals surface area (Å²) in [6.07, 6.45) is 7.70. The second kappa shape index (κ2) is 5.50. The van der Waals surface area contributed by atoms with Crippen LogP contribution in [0, 0.1) is 0 Å². The average molecular weight is 211 g/mol. The van der Waals surface area contributed by atoms with Crippen molar-refractivity contribution < 1.29 is 9.69 Å². The van der Waals surface area contributed by atoms with E-state index in [1.807, 2.05) is 0 Å². The first-order valence-corrected chi connectivity index (χ1v) is 6.47. The minimum Gasteiger partial charge on any atom is -0.338 e. The number of piperidine rings is 2. The van der Waals surface area contributed by atoms with E-state index < -0.39 is 0 Å². The summed E-state index contributed by atoms with van der Waals surface area (Å²) >= 11 is 0. The lowest BCUT2D eigenvalue weighted by Crippen LogP contribution is -3.13. The second-order valence-corrected chi connectivity index (χ2v) is 4.93. The number of carbonyl (C=O) groups is 1. The first kappa shape index (κ1) is 10.9. The van der Waals surface area contributed by atoms with Crippen LogP contribution in [-0.4, -0.2) is 43.5 Å². The molecule has 0 atom stereocenters. The quantitative estimate of drug-likeness (QED) is 0.687. The fraction of sp³-hybridized carbons (Fsp3) is 0.917.